The Balaban J connectivity index is 1.78. The molecular weight excluding hydrogens is 198 g/mol. The third kappa shape index (κ3) is 2.31. The molecule has 1 fully saturated rings. The molecule has 2 heteroatoms. The average Bonchev–Trinajstić information content (AvgIpc) is 2.91. The van der Waals surface area contributed by atoms with Crippen molar-refractivity contribution >= 4 is 5.91 Å². The Morgan fingerprint density at radius 1 is 1.31 bits per heavy atom. The van der Waals surface area contributed by atoms with Crippen molar-refractivity contribution in [2.75, 3.05) is 6.54 Å². The van der Waals surface area contributed by atoms with Crippen molar-refractivity contribution in [3.8, 4) is 0 Å². The summed E-state index contributed by atoms with van der Waals surface area (Å²) in [6, 6.07) is 0. The quantitative estimate of drug-likeness (QED) is 0.711. The van der Waals surface area contributed by atoms with Gasteiger partial charge in [-0.15, -0.1) is 0 Å². The first kappa shape index (κ1) is 11.7. The molecule has 2 nitrogen and oxygen atoms in total. The Kier molecular flexibility index (Phi) is 3.67. The van der Waals surface area contributed by atoms with Crippen molar-refractivity contribution in [2.45, 2.75) is 39.5 Å². The zero-order valence-electron chi connectivity index (χ0n) is 10.4. The summed E-state index contributed by atoms with van der Waals surface area (Å²) in [7, 11) is 0. The van der Waals surface area contributed by atoms with Gasteiger partial charge in [0.05, 0.1) is 0 Å². The molecule has 0 aromatic rings. The summed E-state index contributed by atoms with van der Waals surface area (Å²) in [6.45, 7) is 5.25. The van der Waals surface area contributed by atoms with E-state index >= 15 is 0 Å². The number of allylic oxidation sites excluding steroid dienone is 2. The normalized spacial score (nSPS) is 31.3. The molecule has 2 bridgehead atoms. The van der Waals surface area contributed by atoms with E-state index in [0.717, 1.165) is 25.8 Å². The van der Waals surface area contributed by atoms with Gasteiger partial charge in [-0.3, -0.25) is 4.79 Å². The van der Waals surface area contributed by atoms with Crippen LogP contribution >= 0.6 is 0 Å². The molecule has 0 radical (unpaired) electrons. The van der Waals surface area contributed by atoms with Gasteiger partial charge in [0, 0.05) is 12.5 Å². The maximum Gasteiger partial charge on any atom is 0.223 e. The zero-order valence-corrected chi connectivity index (χ0v) is 10.4. The summed E-state index contributed by atoms with van der Waals surface area (Å²) in [5, 5.41) is 3.14. The lowest BCUT2D eigenvalue weighted by atomic mass is 9.92. The minimum Gasteiger partial charge on any atom is -0.356 e. The second-order valence-corrected chi connectivity index (χ2v) is 5.31. The smallest absolute Gasteiger partial charge is 0.223 e. The number of hydrogen-bond donors (Lipinski definition) is 1. The second kappa shape index (κ2) is 5.03. The minimum absolute atomic E-state index is 0.268. The van der Waals surface area contributed by atoms with E-state index in [1.54, 1.807) is 0 Å². The van der Waals surface area contributed by atoms with E-state index in [4.69, 9.17) is 0 Å². The van der Waals surface area contributed by atoms with Gasteiger partial charge < -0.3 is 5.32 Å². The van der Waals surface area contributed by atoms with Crippen molar-refractivity contribution in [3.05, 3.63) is 12.2 Å². The van der Waals surface area contributed by atoms with E-state index in [1.807, 2.05) is 0 Å². The van der Waals surface area contributed by atoms with Crippen molar-refractivity contribution < 1.29 is 4.79 Å². The molecular formula is C14H23NO. The summed E-state index contributed by atoms with van der Waals surface area (Å²) in [5.41, 5.74) is 0. The molecule has 3 unspecified atom stereocenters. The molecule has 0 aromatic heterocycles. The van der Waals surface area contributed by atoms with Gasteiger partial charge in [0.1, 0.15) is 0 Å². The molecule has 1 saturated carbocycles. The van der Waals surface area contributed by atoms with Crippen LogP contribution in [0.25, 0.3) is 0 Å². The first-order chi connectivity index (χ1) is 7.74. The maximum absolute atomic E-state index is 12.0. The van der Waals surface area contributed by atoms with Crippen LogP contribution in [0.4, 0.5) is 0 Å². The highest BCUT2D eigenvalue weighted by molar-refractivity contribution is 5.79. The lowest BCUT2D eigenvalue weighted by Crippen LogP contribution is -2.35. The number of amides is 1. The van der Waals surface area contributed by atoms with E-state index in [9.17, 15) is 4.79 Å². The van der Waals surface area contributed by atoms with Crippen LogP contribution in [-0.2, 0) is 4.79 Å². The molecule has 2 aliphatic carbocycles. The van der Waals surface area contributed by atoms with Gasteiger partial charge in [-0.1, -0.05) is 38.8 Å². The zero-order chi connectivity index (χ0) is 11.5. The summed E-state index contributed by atoms with van der Waals surface area (Å²) in [5.74, 6) is 2.44. The molecule has 0 aromatic carbocycles. The third-order valence-corrected chi connectivity index (χ3v) is 4.34. The van der Waals surface area contributed by atoms with Gasteiger partial charge in [-0.05, 0) is 30.6 Å². The van der Waals surface area contributed by atoms with Crippen LogP contribution < -0.4 is 5.32 Å². The number of hydrogen-bond acceptors (Lipinski definition) is 1. The summed E-state index contributed by atoms with van der Waals surface area (Å²) >= 11 is 0. The molecule has 0 heterocycles. The molecule has 0 aliphatic heterocycles. The number of fused-ring (bicyclic) bond motifs is 2. The van der Waals surface area contributed by atoms with Gasteiger partial charge in [-0.2, -0.15) is 0 Å². The molecule has 2 aliphatic rings. The van der Waals surface area contributed by atoms with Crippen LogP contribution in [0, 0.1) is 23.7 Å². The molecule has 2 rings (SSSR count). The number of carbonyl (C=O) groups excluding carboxylic acids is 1. The SMILES string of the molecule is CCC(CC)CNC(=O)C1CC2C=CC1C2. The van der Waals surface area contributed by atoms with Crippen LogP contribution in [0.3, 0.4) is 0 Å². The first-order valence-corrected chi connectivity index (χ1v) is 6.70. The van der Waals surface area contributed by atoms with Gasteiger partial charge in [0.2, 0.25) is 5.91 Å². The fourth-order valence-corrected chi connectivity index (χ4v) is 3.04. The topological polar surface area (TPSA) is 29.1 Å². The van der Waals surface area contributed by atoms with Crippen LogP contribution in [0.5, 0.6) is 0 Å². The molecule has 1 N–H and O–H groups in total. The van der Waals surface area contributed by atoms with Gasteiger partial charge in [0.25, 0.3) is 0 Å². The highest BCUT2D eigenvalue weighted by atomic mass is 16.1. The largest absolute Gasteiger partial charge is 0.356 e. The Morgan fingerprint density at radius 3 is 2.56 bits per heavy atom. The number of carbonyl (C=O) groups is 1. The summed E-state index contributed by atoms with van der Waals surface area (Å²) in [6.07, 6.45) is 9.14. The predicted molar refractivity (Wildman–Crippen MR) is 65.9 cm³/mol. The van der Waals surface area contributed by atoms with E-state index in [2.05, 4.69) is 31.3 Å². The van der Waals surface area contributed by atoms with Gasteiger partial charge in [-0.25, -0.2) is 0 Å². The lowest BCUT2D eigenvalue weighted by molar-refractivity contribution is -0.125. The summed E-state index contributed by atoms with van der Waals surface area (Å²) < 4.78 is 0. The molecule has 16 heavy (non-hydrogen) atoms. The first-order valence-electron chi connectivity index (χ1n) is 6.70. The fraction of sp³-hybridized carbons (Fsp3) is 0.786. The van der Waals surface area contributed by atoms with Crippen molar-refractivity contribution in [3.63, 3.8) is 0 Å². The van der Waals surface area contributed by atoms with E-state index in [-0.39, 0.29) is 5.92 Å². The molecule has 0 saturated heterocycles. The second-order valence-electron chi connectivity index (χ2n) is 5.31. The highest BCUT2D eigenvalue weighted by Crippen LogP contribution is 2.43. The Hall–Kier alpha value is -0.790. The number of rotatable bonds is 5. The van der Waals surface area contributed by atoms with Gasteiger partial charge >= 0.3 is 0 Å². The standard InChI is InChI=1S/C14H23NO/c1-3-10(4-2)9-15-14(16)13-8-11-5-6-12(13)7-11/h5-6,10-13H,3-4,7-9H2,1-2H3,(H,15,16). The molecule has 1 amide bonds. The van der Waals surface area contributed by atoms with Crippen LogP contribution in [-0.4, -0.2) is 12.5 Å². The highest BCUT2D eigenvalue weighted by Gasteiger charge is 2.39. The summed E-state index contributed by atoms with van der Waals surface area (Å²) in [4.78, 5) is 12.0. The van der Waals surface area contributed by atoms with Crippen LogP contribution in [0.1, 0.15) is 39.5 Å². The monoisotopic (exact) mass is 221 g/mol. The Labute approximate surface area is 98.5 Å². The minimum atomic E-state index is 0.268. The van der Waals surface area contributed by atoms with E-state index in [0.29, 0.717) is 23.7 Å². The van der Waals surface area contributed by atoms with Crippen LogP contribution in [0.2, 0.25) is 0 Å². The third-order valence-electron chi connectivity index (χ3n) is 4.34. The molecule has 90 valence electrons. The van der Waals surface area contributed by atoms with E-state index in [1.165, 1.54) is 6.42 Å². The van der Waals surface area contributed by atoms with Crippen molar-refractivity contribution in [2.24, 2.45) is 23.7 Å². The van der Waals surface area contributed by atoms with E-state index < -0.39 is 0 Å². The van der Waals surface area contributed by atoms with Crippen molar-refractivity contribution in [1.82, 2.24) is 5.32 Å². The molecule has 3 atom stereocenters. The van der Waals surface area contributed by atoms with Gasteiger partial charge in [0.15, 0.2) is 0 Å². The number of nitrogens with one attached hydrogen (secondary N) is 1. The Bertz CT molecular complexity index is 280. The van der Waals surface area contributed by atoms with Crippen molar-refractivity contribution in [1.29, 1.82) is 0 Å². The maximum atomic E-state index is 12.0. The molecule has 0 spiro atoms. The van der Waals surface area contributed by atoms with Crippen LogP contribution in [0.15, 0.2) is 12.2 Å². The fourth-order valence-electron chi connectivity index (χ4n) is 3.04. The average molecular weight is 221 g/mol. The lowest BCUT2D eigenvalue weighted by Gasteiger charge is -2.20. The Morgan fingerprint density at radius 2 is 2.06 bits per heavy atom. The predicted octanol–water partition coefficient (Wildman–Crippen LogP) is 2.75.